The van der Waals surface area contributed by atoms with E-state index in [4.69, 9.17) is 4.74 Å². The Morgan fingerprint density at radius 3 is 2.64 bits per heavy atom. The van der Waals surface area contributed by atoms with Gasteiger partial charge in [-0.25, -0.2) is 0 Å². The highest BCUT2D eigenvalue weighted by atomic mass is 35.5. The van der Waals surface area contributed by atoms with Crippen LogP contribution < -0.4 is 5.32 Å². The van der Waals surface area contributed by atoms with E-state index in [9.17, 15) is 0 Å². The summed E-state index contributed by atoms with van der Waals surface area (Å²) in [6.45, 7) is 2.00. The molecule has 134 valence electrons. The van der Waals surface area contributed by atoms with Crippen LogP contribution in [-0.2, 0) is 11.2 Å². The summed E-state index contributed by atoms with van der Waals surface area (Å²) in [5.74, 6) is 0.706. The van der Waals surface area contributed by atoms with Gasteiger partial charge in [0.25, 0.3) is 0 Å². The summed E-state index contributed by atoms with van der Waals surface area (Å²) >= 11 is 0. The SMILES string of the molecule is Cl.c1ccc(C2CCNC(CCC3OCCc4ccccc43)C2)cc1. The average molecular weight is 358 g/mol. The lowest BCUT2D eigenvalue weighted by Crippen LogP contribution is -2.37. The van der Waals surface area contributed by atoms with Crippen molar-refractivity contribution in [3.05, 3.63) is 71.3 Å². The van der Waals surface area contributed by atoms with Gasteiger partial charge in [0.2, 0.25) is 0 Å². The van der Waals surface area contributed by atoms with E-state index in [0.29, 0.717) is 12.0 Å². The van der Waals surface area contributed by atoms with Crippen LogP contribution in [0.1, 0.15) is 54.4 Å². The van der Waals surface area contributed by atoms with Gasteiger partial charge in [-0.05, 0) is 61.3 Å². The molecule has 3 heteroatoms. The highest BCUT2D eigenvalue weighted by molar-refractivity contribution is 5.85. The van der Waals surface area contributed by atoms with Gasteiger partial charge in [0.1, 0.15) is 0 Å². The van der Waals surface area contributed by atoms with Gasteiger partial charge >= 0.3 is 0 Å². The summed E-state index contributed by atoms with van der Waals surface area (Å²) in [7, 11) is 0. The second kappa shape index (κ2) is 8.84. The number of nitrogens with one attached hydrogen (secondary N) is 1. The molecule has 0 amide bonds. The Morgan fingerprint density at radius 2 is 1.76 bits per heavy atom. The Morgan fingerprint density at radius 1 is 0.960 bits per heavy atom. The van der Waals surface area contributed by atoms with Crippen molar-refractivity contribution in [3.63, 3.8) is 0 Å². The summed E-state index contributed by atoms with van der Waals surface area (Å²) in [6.07, 6.45) is 6.17. The molecule has 1 fully saturated rings. The second-order valence-electron chi connectivity index (χ2n) is 7.17. The maximum Gasteiger partial charge on any atom is 0.0828 e. The van der Waals surface area contributed by atoms with Crippen molar-refractivity contribution in [3.8, 4) is 0 Å². The number of benzene rings is 2. The van der Waals surface area contributed by atoms with Gasteiger partial charge in [0.15, 0.2) is 0 Å². The largest absolute Gasteiger partial charge is 0.373 e. The Labute approximate surface area is 157 Å². The lowest BCUT2D eigenvalue weighted by Gasteiger charge is -2.33. The maximum absolute atomic E-state index is 6.08. The molecule has 4 rings (SSSR count). The second-order valence-corrected chi connectivity index (χ2v) is 7.17. The lowest BCUT2D eigenvalue weighted by molar-refractivity contribution is 0.0326. The molecule has 2 aromatic carbocycles. The molecule has 0 radical (unpaired) electrons. The lowest BCUT2D eigenvalue weighted by atomic mass is 9.84. The van der Waals surface area contributed by atoms with Crippen LogP contribution in [0, 0.1) is 0 Å². The Kier molecular flexibility index (Phi) is 6.52. The molecule has 25 heavy (non-hydrogen) atoms. The van der Waals surface area contributed by atoms with Crippen LogP contribution >= 0.6 is 12.4 Å². The molecule has 0 saturated carbocycles. The van der Waals surface area contributed by atoms with Crippen molar-refractivity contribution >= 4 is 12.4 Å². The third kappa shape index (κ3) is 4.44. The van der Waals surface area contributed by atoms with E-state index in [-0.39, 0.29) is 18.5 Å². The highest BCUT2D eigenvalue weighted by Gasteiger charge is 2.25. The molecule has 2 aromatic rings. The molecule has 1 N–H and O–H groups in total. The van der Waals surface area contributed by atoms with Gasteiger partial charge in [-0.15, -0.1) is 12.4 Å². The van der Waals surface area contributed by atoms with Crippen LogP contribution in [0.2, 0.25) is 0 Å². The number of ether oxygens (including phenoxy) is 1. The number of piperidine rings is 1. The van der Waals surface area contributed by atoms with Gasteiger partial charge in [-0.3, -0.25) is 0 Å². The van der Waals surface area contributed by atoms with E-state index in [1.807, 2.05) is 0 Å². The van der Waals surface area contributed by atoms with Crippen molar-refractivity contribution < 1.29 is 4.74 Å². The van der Waals surface area contributed by atoms with Crippen molar-refractivity contribution in [2.45, 2.75) is 50.2 Å². The quantitative estimate of drug-likeness (QED) is 0.827. The van der Waals surface area contributed by atoms with Gasteiger partial charge in [0.05, 0.1) is 12.7 Å². The molecule has 3 unspecified atom stereocenters. The minimum Gasteiger partial charge on any atom is -0.373 e. The minimum atomic E-state index is 0. The van der Waals surface area contributed by atoms with Crippen LogP contribution in [0.3, 0.4) is 0 Å². The highest BCUT2D eigenvalue weighted by Crippen LogP contribution is 2.33. The van der Waals surface area contributed by atoms with Crippen LogP contribution in [0.25, 0.3) is 0 Å². The fourth-order valence-corrected chi connectivity index (χ4v) is 4.32. The topological polar surface area (TPSA) is 21.3 Å². The van der Waals surface area contributed by atoms with E-state index in [2.05, 4.69) is 59.9 Å². The Hall–Kier alpha value is -1.35. The van der Waals surface area contributed by atoms with E-state index >= 15 is 0 Å². The number of halogens is 1. The summed E-state index contributed by atoms with van der Waals surface area (Å²) < 4.78 is 6.08. The van der Waals surface area contributed by atoms with Gasteiger partial charge < -0.3 is 10.1 Å². The molecule has 0 bridgehead atoms. The molecule has 0 spiro atoms. The van der Waals surface area contributed by atoms with Crippen LogP contribution in [0.15, 0.2) is 54.6 Å². The fraction of sp³-hybridized carbons (Fsp3) is 0.455. The van der Waals surface area contributed by atoms with Crippen molar-refractivity contribution in [1.82, 2.24) is 5.32 Å². The summed E-state index contributed by atoms with van der Waals surface area (Å²) in [5, 5.41) is 3.73. The predicted octanol–water partition coefficient (Wildman–Crippen LogP) is 5.04. The third-order valence-corrected chi connectivity index (χ3v) is 5.64. The summed E-state index contributed by atoms with van der Waals surface area (Å²) in [4.78, 5) is 0. The van der Waals surface area contributed by atoms with Gasteiger partial charge in [-0.2, -0.15) is 0 Å². The van der Waals surface area contributed by atoms with Gasteiger partial charge in [0, 0.05) is 6.04 Å². The molecular formula is C22H28ClNO. The van der Waals surface area contributed by atoms with Crippen molar-refractivity contribution in [2.75, 3.05) is 13.2 Å². The molecule has 2 aliphatic rings. The number of rotatable bonds is 4. The molecule has 3 atom stereocenters. The summed E-state index contributed by atoms with van der Waals surface area (Å²) in [6, 6.07) is 20.4. The molecule has 0 aromatic heterocycles. The van der Waals surface area contributed by atoms with E-state index in [1.54, 1.807) is 0 Å². The number of hydrogen-bond acceptors (Lipinski definition) is 2. The number of fused-ring (bicyclic) bond motifs is 1. The van der Waals surface area contributed by atoms with Crippen LogP contribution in [0.4, 0.5) is 0 Å². The molecule has 2 aliphatic heterocycles. The van der Waals surface area contributed by atoms with Crippen molar-refractivity contribution in [1.29, 1.82) is 0 Å². The van der Waals surface area contributed by atoms with Crippen LogP contribution in [0.5, 0.6) is 0 Å². The normalized spacial score (nSPS) is 25.7. The zero-order valence-corrected chi connectivity index (χ0v) is 15.5. The molecule has 2 nitrogen and oxygen atoms in total. The Balaban J connectivity index is 0.00000182. The van der Waals surface area contributed by atoms with E-state index in [1.165, 1.54) is 36.0 Å². The first-order valence-electron chi connectivity index (χ1n) is 9.38. The first-order valence-corrected chi connectivity index (χ1v) is 9.38. The monoisotopic (exact) mass is 357 g/mol. The molecule has 2 heterocycles. The smallest absolute Gasteiger partial charge is 0.0828 e. The zero-order chi connectivity index (χ0) is 16.2. The molecule has 0 aliphatic carbocycles. The van der Waals surface area contributed by atoms with E-state index < -0.39 is 0 Å². The standard InChI is InChI=1S/C22H27NO.ClH/c1-2-6-17(7-3-1)19-12-14-23-20(16-19)10-11-22-21-9-5-4-8-18(21)13-15-24-22;/h1-9,19-20,22-23H,10-16H2;1H. The zero-order valence-electron chi connectivity index (χ0n) is 14.7. The third-order valence-electron chi connectivity index (χ3n) is 5.64. The van der Waals surface area contributed by atoms with Crippen LogP contribution in [-0.4, -0.2) is 19.2 Å². The average Bonchev–Trinajstić information content (AvgIpc) is 2.67. The van der Waals surface area contributed by atoms with E-state index in [0.717, 1.165) is 26.0 Å². The Bertz CT molecular complexity index is 660. The maximum atomic E-state index is 6.08. The predicted molar refractivity (Wildman–Crippen MR) is 106 cm³/mol. The summed E-state index contributed by atoms with van der Waals surface area (Å²) in [5.41, 5.74) is 4.40. The first-order chi connectivity index (χ1) is 11.9. The van der Waals surface area contributed by atoms with Gasteiger partial charge in [-0.1, -0.05) is 54.6 Å². The van der Waals surface area contributed by atoms with Crippen molar-refractivity contribution in [2.24, 2.45) is 0 Å². The molecular weight excluding hydrogens is 330 g/mol. The first kappa shape index (κ1) is 18.4. The molecule has 1 saturated heterocycles. The fourth-order valence-electron chi connectivity index (χ4n) is 4.32. The number of hydrogen-bond donors (Lipinski definition) is 1. The minimum absolute atomic E-state index is 0.